The number of hydrogen-bond acceptors (Lipinski definition) is 6. The Balaban J connectivity index is 1.46. The molecule has 2 atom stereocenters. The van der Waals surface area contributed by atoms with Gasteiger partial charge in [-0.15, -0.1) is 0 Å². The predicted octanol–water partition coefficient (Wildman–Crippen LogP) is 0.606. The molecular weight excluding hydrogens is 294 g/mol. The average Bonchev–Trinajstić information content (AvgIpc) is 2.90. The molecular formula is C17H33N3O3. The lowest BCUT2D eigenvalue weighted by atomic mass is 9.88. The highest BCUT2D eigenvalue weighted by atomic mass is 16.6. The molecule has 0 saturated carbocycles. The van der Waals surface area contributed by atoms with Crippen molar-refractivity contribution in [2.75, 3.05) is 45.9 Å². The second kappa shape index (κ2) is 6.94. The number of aliphatic hydroxyl groups excluding tert-OH is 1. The van der Waals surface area contributed by atoms with Crippen molar-refractivity contribution >= 4 is 0 Å². The minimum Gasteiger partial charge on any atom is -0.373 e. The van der Waals surface area contributed by atoms with Crippen LogP contribution in [0, 0.1) is 0 Å². The van der Waals surface area contributed by atoms with Gasteiger partial charge in [-0.25, -0.2) is 0 Å². The van der Waals surface area contributed by atoms with E-state index in [1.165, 1.54) is 0 Å². The number of ether oxygens (including phenoxy) is 2. The van der Waals surface area contributed by atoms with Crippen LogP contribution < -0.4 is 5.32 Å². The molecule has 134 valence electrons. The number of nitrogens with zero attached hydrogens (tertiary/aromatic N) is 2. The first-order valence-electron chi connectivity index (χ1n) is 9.06. The lowest BCUT2D eigenvalue weighted by Gasteiger charge is -2.41. The molecule has 2 unspecified atom stereocenters. The van der Waals surface area contributed by atoms with E-state index in [4.69, 9.17) is 9.47 Å². The van der Waals surface area contributed by atoms with E-state index in [1.54, 1.807) is 0 Å². The molecule has 2 N–H and O–H groups in total. The molecule has 0 amide bonds. The van der Waals surface area contributed by atoms with Gasteiger partial charge in [-0.05, 0) is 53.1 Å². The monoisotopic (exact) mass is 327 g/mol. The van der Waals surface area contributed by atoms with Gasteiger partial charge in [0.15, 0.2) is 0 Å². The first-order chi connectivity index (χ1) is 10.9. The van der Waals surface area contributed by atoms with Crippen LogP contribution in [0.15, 0.2) is 0 Å². The Labute approximate surface area is 140 Å². The van der Waals surface area contributed by atoms with E-state index in [0.29, 0.717) is 6.04 Å². The molecule has 23 heavy (non-hydrogen) atoms. The first kappa shape index (κ1) is 17.6. The zero-order valence-corrected chi connectivity index (χ0v) is 14.9. The highest BCUT2D eigenvalue weighted by molar-refractivity contribution is 4.96. The van der Waals surface area contributed by atoms with Gasteiger partial charge in [-0.3, -0.25) is 9.80 Å². The minimum atomic E-state index is -0.798. The van der Waals surface area contributed by atoms with Gasteiger partial charge in [0.25, 0.3) is 0 Å². The summed E-state index contributed by atoms with van der Waals surface area (Å²) in [5, 5.41) is 13.6. The van der Waals surface area contributed by atoms with Crippen molar-refractivity contribution in [3.63, 3.8) is 0 Å². The SMILES string of the molecule is CC(C)(C)OC(O)N1CCN(C2COC3(CCNCC3)C2)CC1. The molecule has 3 aliphatic rings. The van der Waals surface area contributed by atoms with Gasteiger partial charge in [0.05, 0.1) is 17.8 Å². The van der Waals surface area contributed by atoms with Crippen molar-refractivity contribution in [1.29, 1.82) is 0 Å². The molecule has 0 aromatic carbocycles. The maximum atomic E-state index is 10.2. The van der Waals surface area contributed by atoms with Crippen molar-refractivity contribution in [3.8, 4) is 0 Å². The summed E-state index contributed by atoms with van der Waals surface area (Å²) in [6.45, 7) is 12.6. The van der Waals surface area contributed by atoms with E-state index in [1.807, 2.05) is 25.7 Å². The second-order valence-electron chi connectivity index (χ2n) is 8.23. The number of nitrogens with one attached hydrogen (secondary N) is 1. The smallest absolute Gasteiger partial charge is 0.216 e. The first-order valence-corrected chi connectivity index (χ1v) is 9.06. The topological polar surface area (TPSA) is 57.2 Å². The third kappa shape index (κ3) is 4.44. The summed E-state index contributed by atoms with van der Waals surface area (Å²) in [5.41, 5.74) is -0.195. The molecule has 0 bridgehead atoms. The second-order valence-corrected chi connectivity index (χ2v) is 8.23. The summed E-state index contributed by atoms with van der Waals surface area (Å²) in [6, 6.07) is 0.538. The van der Waals surface area contributed by atoms with Crippen LogP contribution in [0.2, 0.25) is 0 Å². The molecule has 0 aromatic rings. The van der Waals surface area contributed by atoms with Gasteiger partial charge in [-0.1, -0.05) is 0 Å². The highest BCUT2D eigenvalue weighted by Crippen LogP contribution is 2.36. The Bertz CT molecular complexity index is 385. The van der Waals surface area contributed by atoms with E-state index in [0.717, 1.165) is 65.1 Å². The fraction of sp³-hybridized carbons (Fsp3) is 1.00. The van der Waals surface area contributed by atoms with Crippen molar-refractivity contribution < 1.29 is 14.6 Å². The maximum Gasteiger partial charge on any atom is 0.216 e. The number of piperazine rings is 1. The van der Waals surface area contributed by atoms with Crippen LogP contribution >= 0.6 is 0 Å². The molecule has 3 rings (SSSR count). The largest absolute Gasteiger partial charge is 0.373 e. The van der Waals surface area contributed by atoms with E-state index in [2.05, 4.69) is 10.2 Å². The lowest BCUT2D eigenvalue weighted by molar-refractivity contribution is -0.244. The van der Waals surface area contributed by atoms with Crippen LogP contribution in [-0.2, 0) is 9.47 Å². The Hall–Kier alpha value is -0.240. The van der Waals surface area contributed by atoms with Crippen LogP contribution in [0.25, 0.3) is 0 Å². The van der Waals surface area contributed by atoms with Crippen LogP contribution in [0.4, 0.5) is 0 Å². The molecule has 3 aliphatic heterocycles. The van der Waals surface area contributed by atoms with Gasteiger partial charge >= 0.3 is 0 Å². The Morgan fingerprint density at radius 2 is 1.83 bits per heavy atom. The number of hydrogen-bond donors (Lipinski definition) is 2. The molecule has 3 fully saturated rings. The summed E-state index contributed by atoms with van der Waals surface area (Å²) in [6.07, 6.45) is 2.64. The van der Waals surface area contributed by atoms with Crippen LogP contribution in [0.3, 0.4) is 0 Å². The lowest BCUT2D eigenvalue weighted by Crippen LogP contribution is -2.55. The van der Waals surface area contributed by atoms with Gasteiger partial charge in [-0.2, -0.15) is 0 Å². The van der Waals surface area contributed by atoms with E-state index in [-0.39, 0.29) is 11.2 Å². The zero-order valence-electron chi connectivity index (χ0n) is 14.9. The molecule has 6 nitrogen and oxygen atoms in total. The molecule has 0 aliphatic carbocycles. The molecule has 0 aromatic heterocycles. The fourth-order valence-electron chi connectivity index (χ4n) is 4.00. The standard InChI is InChI=1S/C17H33N3O3/c1-16(2,3)23-15(21)20-10-8-19(9-11-20)14-12-17(22-13-14)4-6-18-7-5-17/h14-15,18,21H,4-13H2,1-3H3. The molecule has 3 heterocycles. The zero-order chi connectivity index (χ0) is 16.5. The summed E-state index contributed by atoms with van der Waals surface area (Å²) in [5.74, 6) is 0. The van der Waals surface area contributed by atoms with E-state index < -0.39 is 6.41 Å². The van der Waals surface area contributed by atoms with Crippen LogP contribution in [0.5, 0.6) is 0 Å². The summed E-state index contributed by atoms with van der Waals surface area (Å²) < 4.78 is 11.9. The molecule has 0 radical (unpaired) electrons. The van der Waals surface area contributed by atoms with Gasteiger partial charge in [0, 0.05) is 32.2 Å². The minimum absolute atomic E-state index is 0.127. The quantitative estimate of drug-likeness (QED) is 0.741. The molecule has 1 spiro atoms. The van der Waals surface area contributed by atoms with E-state index in [9.17, 15) is 5.11 Å². The van der Waals surface area contributed by atoms with Crippen LogP contribution in [0.1, 0.15) is 40.0 Å². The Morgan fingerprint density at radius 3 is 2.43 bits per heavy atom. The highest BCUT2D eigenvalue weighted by Gasteiger charge is 2.43. The summed E-state index contributed by atoms with van der Waals surface area (Å²) >= 11 is 0. The Kier molecular flexibility index (Phi) is 5.30. The van der Waals surface area contributed by atoms with Gasteiger partial charge in [0.1, 0.15) is 0 Å². The van der Waals surface area contributed by atoms with Crippen molar-refractivity contribution in [2.24, 2.45) is 0 Å². The van der Waals surface area contributed by atoms with Gasteiger partial charge in [0.2, 0.25) is 6.41 Å². The van der Waals surface area contributed by atoms with Crippen molar-refractivity contribution in [3.05, 3.63) is 0 Å². The summed E-state index contributed by atoms with van der Waals surface area (Å²) in [4.78, 5) is 4.56. The fourth-order valence-corrected chi connectivity index (χ4v) is 4.00. The summed E-state index contributed by atoms with van der Waals surface area (Å²) in [7, 11) is 0. The third-order valence-electron chi connectivity index (χ3n) is 5.34. The third-order valence-corrected chi connectivity index (χ3v) is 5.34. The average molecular weight is 327 g/mol. The Morgan fingerprint density at radius 1 is 1.17 bits per heavy atom. The van der Waals surface area contributed by atoms with Crippen molar-refractivity contribution in [2.45, 2.75) is 63.7 Å². The van der Waals surface area contributed by atoms with Crippen LogP contribution in [-0.4, -0.2) is 84.4 Å². The number of rotatable bonds is 3. The normalized spacial score (nSPS) is 31.6. The molecule has 3 saturated heterocycles. The number of aliphatic hydroxyl groups is 1. The number of piperidine rings is 1. The molecule has 6 heteroatoms. The maximum absolute atomic E-state index is 10.2. The van der Waals surface area contributed by atoms with Crippen molar-refractivity contribution in [1.82, 2.24) is 15.1 Å². The van der Waals surface area contributed by atoms with Gasteiger partial charge < -0.3 is 19.9 Å². The predicted molar refractivity (Wildman–Crippen MR) is 89.2 cm³/mol. The van der Waals surface area contributed by atoms with E-state index >= 15 is 0 Å².